The fourth-order valence-electron chi connectivity index (χ4n) is 1.74. The Morgan fingerprint density at radius 1 is 1.35 bits per heavy atom. The smallest absolute Gasteiger partial charge is 0.488 e. The van der Waals surface area contributed by atoms with Crippen LogP contribution in [0.4, 0.5) is 23.2 Å². The van der Waals surface area contributed by atoms with Gasteiger partial charge in [-0.05, 0) is 18.6 Å². The molecule has 2 rings (SSSR count). The zero-order valence-corrected chi connectivity index (χ0v) is 11.8. The Kier molecular flexibility index (Phi) is 6.31. The molecule has 6 nitrogen and oxygen atoms in total. The molecule has 1 aromatic rings. The van der Waals surface area contributed by atoms with Gasteiger partial charge in [0.05, 0.1) is 18.8 Å². The number of carboxylic acid groups (broad SMARTS) is 1. The Morgan fingerprint density at radius 2 is 1.96 bits per heavy atom. The number of halogens is 4. The number of alkyl halides is 3. The summed E-state index contributed by atoms with van der Waals surface area (Å²) in [6.07, 6.45) is -4.42. The average Bonchev–Trinajstić information content (AvgIpc) is 2.69. The van der Waals surface area contributed by atoms with E-state index in [-0.39, 0.29) is 18.2 Å². The van der Waals surface area contributed by atoms with Crippen molar-refractivity contribution in [3.8, 4) is 5.75 Å². The Balaban J connectivity index is 0.000000322. The maximum atomic E-state index is 13.5. The second-order valence-corrected chi connectivity index (χ2v) is 4.34. The van der Waals surface area contributed by atoms with Crippen molar-refractivity contribution in [3.63, 3.8) is 0 Å². The van der Waals surface area contributed by atoms with Crippen LogP contribution in [0.5, 0.6) is 5.75 Å². The first kappa shape index (κ1) is 18.7. The number of anilines is 1. The summed E-state index contributed by atoms with van der Waals surface area (Å²) < 4.78 is 50.5. The van der Waals surface area contributed by atoms with Crippen molar-refractivity contribution in [2.75, 3.05) is 24.6 Å². The third kappa shape index (κ3) is 5.09. The van der Waals surface area contributed by atoms with Crippen LogP contribution < -0.4 is 15.4 Å². The van der Waals surface area contributed by atoms with Gasteiger partial charge in [0.25, 0.3) is 0 Å². The topological polar surface area (TPSA) is 92.9 Å². The van der Waals surface area contributed by atoms with Gasteiger partial charge < -0.3 is 20.5 Å². The van der Waals surface area contributed by atoms with Gasteiger partial charge in [-0.3, -0.25) is 4.79 Å². The van der Waals surface area contributed by atoms with Crippen molar-refractivity contribution in [1.29, 1.82) is 0 Å². The van der Waals surface area contributed by atoms with Crippen molar-refractivity contribution in [2.24, 2.45) is 5.73 Å². The van der Waals surface area contributed by atoms with Crippen LogP contribution in [0.3, 0.4) is 0 Å². The summed E-state index contributed by atoms with van der Waals surface area (Å²) >= 11 is 0. The molecule has 0 bridgehead atoms. The van der Waals surface area contributed by atoms with E-state index in [9.17, 15) is 22.4 Å². The zero-order chi connectivity index (χ0) is 17.6. The van der Waals surface area contributed by atoms with Crippen LogP contribution in [0.1, 0.15) is 6.42 Å². The summed E-state index contributed by atoms with van der Waals surface area (Å²) in [6, 6.07) is 4.53. The van der Waals surface area contributed by atoms with Gasteiger partial charge >= 0.3 is 12.1 Å². The number of para-hydroxylation sites is 1. The maximum Gasteiger partial charge on any atom is 0.490 e. The van der Waals surface area contributed by atoms with Crippen LogP contribution in [0.15, 0.2) is 18.2 Å². The minimum absolute atomic E-state index is 0.0873. The van der Waals surface area contributed by atoms with Gasteiger partial charge in [-0.15, -0.1) is 0 Å². The zero-order valence-electron chi connectivity index (χ0n) is 11.8. The third-order valence-corrected chi connectivity index (χ3v) is 2.73. The van der Waals surface area contributed by atoms with Crippen molar-refractivity contribution < 1.29 is 37.0 Å². The number of aliphatic carboxylic acids is 1. The standard InChI is InChI=1S/C11H13FN2O2.C2HF3O2/c12-8-3-1-4-9-11(8)16-6-2-5-14(9)10(15)7-13;3-2(4,5)1(6)7/h1,3-4H,2,5-7,13H2;(H,6,7). The van der Waals surface area contributed by atoms with Crippen molar-refractivity contribution >= 4 is 17.6 Å². The molecule has 1 aromatic carbocycles. The largest absolute Gasteiger partial charge is 0.490 e. The quantitative estimate of drug-likeness (QED) is 0.758. The van der Waals surface area contributed by atoms with Gasteiger partial charge in [0.15, 0.2) is 11.6 Å². The first-order valence-corrected chi connectivity index (χ1v) is 6.40. The lowest BCUT2D eigenvalue weighted by Crippen LogP contribution is -2.36. The number of nitrogens with two attached hydrogens (primary N) is 1. The lowest BCUT2D eigenvalue weighted by atomic mass is 10.2. The Bertz CT molecular complexity index is 578. The van der Waals surface area contributed by atoms with Crippen LogP contribution in [-0.2, 0) is 9.59 Å². The van der Waals surface area contributed by atoms with Crippen molar-refractivity contribution in [1.82, 2.24) is 0 Å². The molecule has 1 heterocycles. The fourth-order valence-corrected chi connectivity index (χ4v) is 1.74. The summed E-state index contributed by atoms with van der Waals surface area (Å²) in [7, 11) is 0. The molecular formula is C13H14F4N2O4. The maximum absolute atomic E-state index is 13.5. The number of nitrogens with zero attached hydrogens (tertiary/aromatic N) is 1. The molecule has 0 atom stereocenters. The molecule has 0 saturated heterocycles. The number of benzene rings is 1. The molecule has 1 aliphatic rings. The highest BCUT2D eigenvalue weighted by Crippen LogP contribution is 2.33. The number of carbonyl (C=O) groups is 2. The van der Waals surface area contributed by atoms with E-state index in [2.05, 4.69) is 0 Å². The van der Waals surface area contributed by atoms with E-state index >= 15 is 0 Å². The molecule has 1 amide bonds. The minimum Gasteiger partial charge on any atom is -0.488 e. The van der Waals surface area contributed by atoms with Gasteiger partial charge in [0.1, 0.15) is 0 Å². The second-order valence-electron chi connectivity index (χ2n) is 4.34. The molecule has 0 aliphatic carbocycles. The Labute approximate surface area is 128 Å². The molecular weight excluding hydrogens is 324 g/mol. The fraction of sp³-hybridized carbons (Fsp3) is 0.385. The van der Waals surface area contributed by atoms with E-state index in [4.69, 9.17) is 20.4 Å². The van der Waals surface area contributed by atoms with E-state index in [0.717, 1.165) is 0 Å². The number of hydrogen-bond donors (Lipinski definition) is 2. The van der Waals surface area contributed by atoms with E-state index in [1.165, 1.54) is 11.0 Å². The Hall–Kier alpha value is -2.36. The van der Waals surface area contributed by atoms with Gasteiger partial charge in [-0.2, -0.15) is 13.2 Å². The molecule has 10 heteroatoms. The molecule has 128 valence electrons. The molecule has 0 unspecified atom stereocenters. The molecule has 0 fully saturated rings. The minimum atomic E-state index is -5.08. The highest BCUT2D eigenvalue weighted by molar-refractivity contribution is 5.96. The molecule has 0 radical (unpaired) electrons. The van der Waals surface area contributed by atoms with Gasteiger partial charge in [0.2, 0.25) is 5.91 Å². The SMILES string of the molecule is NCC(=O)N1CCCOc2c(F)cccc21.O=C(O)C(F)(F)F. The highest BCUT2D eigenvalue weighted by Gasteiger charge is 2.38. The summed E-state index contributed by atoms with van der Waals surface area (Å²) in [5.74, 6) is -3.29. The first-order valence-electron chi connectivity index (χ1n) is 6.40. The molecule has 23 heavy (non-hydrogen) atoms. The molecule has 1 aliphatic heterocycles. The van der Waals surface area contributed by atoms with Gasteiger partial charge in [-0.1, -0.05) is 6.07 Å². The molecule has 0 spiro atoms. The summed E-state index contributed by atoms with van der Waals surface area (Å²) in [5, 5.41) is 7.12. The van der Waals surface area contributed by atoms with E-state index < -0.39 is 18.0 Å². The predicted octanol–water partition coefficient (Wildman–Crippen LogP) is 1.53. The first-order chi connectivity index (χ1) is 10.7. The number of hydrogen-bond acceptors (Lipinski definition) is 4. The van der Waals surface area contributed by atoms with Crippen molar-refractivity contribution in [2.45, 2.75) is 12.6 Å². The van der Waals surface area contributed by atoms with Crippen molar-refractivity contribution in [3.05, 3.63) is 24.0 Å². The molecule has 3 N–H and O–H groups in total. The molecule has 0 saturated carbocycles. The van der Waals surface area contributed by atoms with Gasteiger partial charge in [0, 0.05) is 6.54 Å². The average molecular weight is 338 g/mol. The lowest BCUT2D eigenvalue weighted by molar-refractivity contribution is -0.192. The van der Waals surface area contributed by atoms with E-state index in [0.29, 0.717) is 25.3 Å². The van der Waals surface area contributed by atoms with Crippen LogP contribution in [0.25, 0.3) is 0 Å². The lowest BCUT2D eigenvalue weighted by Gasteiger charge is -2.20. The second kappa shape index (κ2) is 7.77. The number of rotatable bonds is 1. The van der Waals surface area contributed by atoms with E-state index in [1.54, 1.807) is 12.1 Å². The van der Waals surface area contributed by atoms with Crippen LogP contribution in [-0.4, -0.2) is 42.9 Å². The van der Waals surface area contributed by atoms with Crippen LogP contribution >= 0.6 is 0 Å². The number of ether oxygens (including phenoxy) is 1. The summed E-state index contributed by atoms with van der Waals surface area (Å²) in [6.45, 7) is 0.824. The number of carboxylic acids is 1. The van der Waals surface area contributed by atoms with Gasteiger partial charge in [-0.25, -0.2) is 9.18 Å². The number of fused-ring (bicyclic) bond motifs is 1. The number of amides is 1. The van der Waals surface area contributed by atoms with E-state index in [1.807, 2.05) is 0 Å². The summed E-state index contributed by atoms with van der Waals surface area (Å²) in [4.78, 5) is 22.0. The third-order valence-electron chi connectivity index (χ3n) is 2.73. The Morgan fingerprint density at radius 3 is 2.48 bits per heavy atom. The van der Waals surface area contributed by atoms with Crippen LogP contribution in [0.2, 0.25) is 0 Å². The normalized spacial score (nSPS) is 13.9. The number of carbonyl (C=O) groups excluding carboxylic acids is 1. The predicted molar refractivity (Wildman–Crippen MR) is 71.6 cm³/mol. The monoisotopic (exact) mass is 338 g/mol. The molecule has 0 aromatic heterocycles. The highest BCUT2D eigenvalue weighted by atomic mass is 19.4. The van der Waals surface area contributed by atoms with Crippen LogP contribution in [0, 0.1) is 5.82 Å². The summed E-state index contributed by atoms with van der Waals surface area (Å²) in [5.41, 5.74) is 5.79.